The third-order valence-electron chi connectivity index (χ3n) is 4.41. The number of hydrogen-bond donors (Lipinski definition) is 1. The highest BCUT2D eigenvalue weighted by atomic mass is 32.2. The van der Waals surface area contributed by atoms with Crippen LogP contribution in [0.5, 0.6) is 0 Å². The Hall–Kier alpha value is -2.03. The number of hydrogen-bond acceptors (Lipinski definition) is 5. The van der Waals surface area contributed by atoms with Gasteiger partial charge in [0.2, 0.25) is 5.91 Å². The fourth-order valence-electron chi connectivity index (χ4n) is 3.05. The van der Waals surface area contributed by atoms with E-state index in [1.165, 1.54) is 22.6 Å². The zero-order chi connectivity index (χ0) is 18.7. The maximum atomic E-state index is 12.7. The molecule has 6 nitrogen and oxygen atoms in total. The van der Waals surface area contributed by atoms with Crippen LogP contribution in [-0.2, 0) is 14.8 Å². The molecule has 2 aromatic rings. The lowest BCUT2D eigenvalue weighted by atomic mass is 9.98. The first kappa shape index (κ1) is 18.8. The predicted molar refractivity (Wildman–Crippen MR) is 101 cm³/mol. The Kier molecular flexibility index (Phi) is 5.55. The second-order valence-electron chi connectivity index (χ2n) is 6.23. The van der Waals surface area contributed by atoms with Crippen molar-refractivity contribution in [3.05, 3.63) is 47.3 Å². The second kappa shape index (κ2) is 7.69. The Morgan fingerprint density at radius 1 is 1.19 bits per heavy atom. The predicted octanol–water partition coefficient (Wildman–Crippen LogP) is 2.99. The van der Waals surface area contributed by atoms with Gasteiger partial charge in [0, 0.05) is 18.7 Å². The van der Waals surface area contributed by atoms with E-state index in [4.69, 9.17) is 0 Å². The first-order valence-electron chi connectivity index (χ1n) is 8.34. The topological polar surface area (TPSA) is 83.6 Å². The highest BCUT2D eigenvalue weighted by molar-refractivity contribution is 7.91. The quantitative estimate of drug-likeness (QED) is 0.793. The number of Topliss-reactive ketones (excluding diaryl/α,β-unsaturated/α-hetero) is 1. The molecule has 1 aromatic heterocycles. The number of amides is 1. The van der Waals surface area contributed by atoms with E-state index in [1.807, 2.05) is 0 Å². The van der Waals surface area contributed by atoms with Crippen molar-refractivity contribution in [2.45, 2.75) is 24.0 Å². The number of benzene rings is 1. The molecule has 1 saturated heterocycles. The normalized spacial score (nSPS) is 18.4. The van der Waals surface area contributed by atoms with Crippen molar-refractivity contribution < 1.29 is 18.0 Å². The van der Waals surface area contributed by atoms with Gasteiger partial charge in [-0.1, -0.05) is 18.2 Å². The van der Waals surface area contributed by atoms with Crippen molar-refractivity contribution in [1.29, 1.82) is 0 Å². The van der Waals surface area contributed by atoms with E-state index in [0.717, 1.165) is 0 Å². The van der Waals surface area contributed by atoms with Gasteiger partial charge in [0.15, 0.2) is 5.78 Å². The van der Waals surface area contributed by atoms with Gasteiger partial charge in [-0.3, -0.25) is 9.59 Å². The zero-order valence-corrected chi connectivity index (χ0v) is 16.0. The fourth-order valence-corrected chi connectivity index (χ4v) is 5.71. The Labute approximate surface area is 156 Å². The summed E-state index contributed by atoms with van der Waals surface area (Å²) in [5.41, 5.74) is 0.906. The van der Waals surface area contributed by atoms with Gasteiger partial charge in [-0.05, 0) is 43.3 Å². The lowest BCUT2D eigenvalue weighted by Gasteiger charge is -2.30. The number of nitrogens with one attached hydrogen (secondary N) is 1. The first-order valence-corrected chi connectivity index (χ1v) is 10.7. The van der Waals surface area contributed by atoms with Crippen LogP contribution in [0.1, 0.15) is 30.1 Å². The molecule has 26 heavy (non-hydrogen) atoms. The molecule has 138 valence electrons. The Balaban J connectivity index is 1.74. The molecule has 0 spiro atoms. The SMILES string of the molecule is CC(=O)c1ccccc1NC(=O)C1CCCN(S(=O)(=O)c2cccs2)C1. The van der Waals surface area contributed by atoms with Gasteiger partial charge in [0.05, 0.1) is 11.6 Å². The molecular weight excluding hydrogens is 372 g/mol. The average Bonchev–Trinajstić information content (AvgIpc) is 3.17. The van der Waals surface area contributed by atoms with Crippen LogP contribution in [0.4, 0.5) is 5.69 Å². The molecule has 1 atom stereocenters. The summed E-state index contributed by atoms with van der Waals surface area (Å²) in [6, 6.07) is 10.1. The molecule has 8 heteroatoms. The summed E-state index contributed by atoms with van der Waals surface area (Å²) in [6.45, 7) is 2.00. The molecule has 1 amide bonds. The average molecular weight is 393 g/mol. The summed E-state index contributed by atoms with van der Waals surface area (Å²) >= 11 is 1.17. The number of thiophene rings is 1. The summed E-state index contributed by atoms with van der Waals surface area (Å²) < 4.78 is 27.0. The minimum absolute atomic E-state index is 0.133. The number of carbonyl (C=O) groups excluding carboxylic acids is 2. The molecule has 3 rings (SSSR count). The molecule has 2 heterocycles. The molecule has 1 fully saturated rings. The van der Waals surface area contributed by atoms with E-state index in [2.05, 4.69) is 5.32 Å². The Morgan fingerprint density at radius 3 is 2.65 bits per heavy atom. The van der Waals surface area contributed by atoms with Gasteiger partial charge in [-0.25, -0.2) is 8.42 Å². The number of anilines is 1. The van der Waals surface area contributed by atoms with Crippen molar-refractivity contribution in [3.63, 3.8) is 0 Å². The summed E-state index contributed by atoms with van der Waals surface area (Å²) in [5.74, 6) is -0.838. The molecule has 0 radical (unpaired) electrons. The van der Waals surface area contributed by atoms with Gasteiger partial charge < -0.3 is 5.32 Å². The minimum Gasteiger partial charge on any atom is -0.325 e. The van der Waals surface area contributed by atoms with Crippen LogP contribution >= 0.6 is 11.3 Å². The van der Waals surface area contributed by atoms with Crippen LogP contribution in [-0.4, -0.2) is 37.5 Å². The van der Waals surface area contributed by atoms with Crippen molar-refractivity contribution >= 4 is 38.7 Å². The number of sulfonamides is 1. The largest absolute Gasteiger partial charge is 0.325 e. The van der Waals surface area contributed by atoms with Crippen LogP contribution in [0.3, 0.4) is 0 Å². The highest BCUT2D eigenvalue weighted by Gasteiger charge is 2.34. The summed E-state index contributed by atoms with van der Waals surface area (Å²) in [4.78, 5) is 24.4. The molecule has 1 unspecified atom stereocenters. The van der Waals surface area contributed by atoms with Crippen LogP contribution in [0.2, 0.25) is 0 Å². The summed E-state index contributed by atoms with van der Waals surface area (Å²) in [6.07, 6.45) is 1.24. The monoisotopic (exact) mass is 392 g/mol. The number of rotatable bonds is 5. The number of para-hydroxylation sites is 1. The van der Waals surface area contributed by atoms with Crippen molar-refractivity contribution in [2.75, 3.05) is 18.4 Å². The van der Waals surface area contributed by atoms with E-state index in [0.29, 0.717) is 34.8 Å². The number of piperidine rings is 1. The fraction of sp³-hybridized carbons (Fsp3) is 0.333. The van der Waals surface area contributed by atoms with Crippen LogP contribution < -0.4 is 5.32 Å². The molecule has 1 aromatic carbocycles. The van der Waals surface area contributed by atoms with Gasteiger partial charge in [-0.15, -0.1) is 11.3 Å². The van der Waals surface area contributed by atoms with Gasteiger partial charge in [-0.2, -0.15) is 4.31 Å². The number of ketones is 1. The lowest BCUT2D eigenvalue weighted by molar-refractivity contribution is -0.120. The number of carbonyl (C=O) groups is 2. The lowest BCUT2D eigenvalue weighted by Crippen LogP contribution is -2.43. The van der Waals surface area contributed by atoms with E-state index < -0.39 is 15.9 Å². The van der Waals surface area contributed by atoms with E-state index in [-0.39, 0.29) is 18.2 Å². The maximum absolute atomic E-state index is 12.7. The van der Waals surface area contributed by atoms with Crippen molar-refractivity contribution in [1.82, 2.24) is 4.31 Å². The van der Waals surface area contributed by atoms with Gasteiger partial charge in [0.1, 0.15) is 4.21 Å². The Bertz CT molecular complexity index is 907. The summed E-state index contributed by atoms with van der Waals surface area (Å²) in [7, 11) is -3.56. The zero-order valence-electron chi connectivity index (χ0n) is 14.3. The van der Waals surface area contributed by atoms with Crippen LogP contribution in [0.25, 0.3) is 0 Å². The minimum atomic E-state index is -3.56. The molecule has 1 aliphatic heterocycles. The van der Waals surface area contributed by atoms with Crippen molar-refractivity contribution in [3.8, 4) is 0 Å². The van der Waals surface area contributed by atoms with E-state index >= 15 is 0 Å². The Morgan fingerprint density at radius 2 is 1.96 bits per heavy atom. The van der Waals surface area contributed by atoms with Crippen LogP contribution in [0.15, 0.2) is 46.0 Å². The molecule has 0 bridgehead atoms. The molecular formula is C18H20N2O4S2. The first-order chi connectivity index (χ1) is 12.4. The van der Waals surface area contributed by atoms with E-state index in [9.17, 15) is 18.0 Å². The maximum Gasteiger partial charge on any atom is 0.252 e. The highest BCUT2D eigenvalue weighted by Crippen LogP contribution is 2.27. The van der Waals surface area contributed by atoms with Crippen molar-refractivity contribution in [2.24, 2.45) is 5.92 Å². The van der Waals surface area contributed by atoms with E-state index in [1.54, 1.807) is 41.8 Å². The molecule has 0 saturated carbocycles. The standard InChI is InChI=1S/C18H20N2O4S2/c1-13(21)15-7-2-3-8-16(15)19-18(22)14-6-4-10-20(12-14)26(23,24)17-9-5-11-25-17/h2-3,5,7-9,11,14H,4,6,10,12H2,1H3,(H,19,22). The molecule has 0 aliphatic carbocycles. The third kappa shape index (κ3) is 3.87. The molecule has 1 N–H and O–H groups in total. The second-order valence-corrected chi connectivity index (χ2v) is 9.34. The smallest absolute Gasteiger partial charge is 0.252 e. The summed E-state index contributed by atoms with van der Waals surface area (Å²) in [5, 5.41) is 4.51. The number of nitrogens with zero attached hydrogens (tertiary/aromatic N) is 1. The molecule has 1 aliphatic rings. The third-order valence-corrected chi connectivity index (χ3v) is 7.65. The van der Waals surface area contributed by atoms with Crippen LogP contribution in [0, 0.1) is 5.92 Å². The van der Waals surface area contributed by atoms with Gasteiger partial charge >= 0.3 is 0 Å². The van der Waals surface area contributed by atoms with Gasteiger partial charge in [0.25, 0.3) is 10.0 Å².